The molecule has 7 heteroatoms. The van der Waals surface area contributed by atoms with Crippen LogP contribution in [0.5, 0.6) is 0 Å². The van der Waals surface area contributed by atoms with Crippen LogP contribution in [-0.4, -0.2) is 29.5 Å². The van der Waals surface area contributed by atoms with E-state index in [1.165, 1.54) is 0 Å². The van der Waals surface area contributed by atoms with Crippen LogP contribution in [0.2, 0.25) is 0 Å². The van der Waals surface area contributed by atoms with Crippen LogP contribution in [-0.2, 0) is 16.6 Å². The number of imidazole rings is 1. The topological polar surface area (TPSA) is 76.9 Å². The summed E-state index contributed by atoms with van der Waals surface area (Å²) in [5.74, 6) is 0.713. The Morgan fingerprint density at radius 2 is 1.74 bits per heavy atom. The lowest BCUT2D eigenvalue weighted by Gasteiger charge is -2.09. The van der Waals surface area contributed by atoms with Crippen molar-refractivity contribution in [2.45, 2.75) is 11.4 Å². The van der Waals surface area contributed by atoms with E-state index >= 15 is 0 Å². The minimum atomic E-state index is -3.49. The van der Waals surface area contributed by atoms with Crippen molar-refractivity contribution < 1.29 is 8.42 Å². The molecular formula is C16H16N4O2S. The lowest BCUT2D eigenvalue weighted by molar-refractivity contribution is 0.573. The van der Waals surface area contributed by atoms with Crippen molar-refractivity contribution in [3.63, 3.8) is 0 Å². The van der Waals surface area contributed by atoms with E-state index in [-0.39, 0.29) is 11.4 Å². The molecule has 23 heavy (non-hydrogen) atoms. The number of hydrogen-bond donors (Lipinski definition) is 1. The Morgan fingerprint density at radius 1 is 0.957 bits per heavy atom. The lowest BCUT2D eigenvalue weighted by atomic mass is 10.3. The summed E-state index contributed by atoms with van der Waals surface area (Å²) in [6, 6.07) is 13.9. The minimum Gasteiger partial charge on any atom is -0.328 e. The summed E-state index contributed by atoms with van der Waals surface area (Å²) in [6.07, 6.45) is 5.18. The Balaban J connectivity index is 1.68. The molecular weight excluding hydrogens is 312 g/mol. The molecule has 0 aliphatic rings. The normalized spacial score (nSPS) is 11.5. The molecule has 0 spiro atoms. The number of rotatable bonds is 6. The van der Waals surface area contributed by atoms with E-state index in [2.05, 4.69) is 14.7 Å². The van der Waals surface area contributed by atoms with E-state index < -0.39 is 10.0 Å². The molecule has 1 aromatic carbocycles. The number of pyridine rings is 1. The second-order valence-corrected chi connectivity index (χ2v) is 6.64. The molecule has 0 saturated carbocycles. The van der Waals surface area contributed by atoms with Gasteiger partial charge < -0.3 is 4.57 Å². The summed E-state index contributed by atoms with van der Waals surface area (Å²) >= 11 is 0. The van der Waals surface area contributed by atoms with Crippen molar-refractivity contribution in [1.82, 2.24) is 19.3 Å². The molecule has 2 heterocycles. The van der Waals surface area contributed by atoms with Gasteiger partial charge in [0.2, 0.25) is 10.0 Å². The first kappa shape index (κ1) is 15.4. The van der Waals surface area contributed by atoms with Crippen LogP contribution in [0.25, 0.3) is 11.5 Å². The van der Waals surface area contributed by atoms with Crippen molar-refractivity contribution in [2.24, 2.45) is 0 Å². The Morgan fingerprint density at radius 3 is 2.48 bits per heavy atom. The molecule has 0 aliphatic heterocycles. The summed E-state index contributed by atoms with van der Waals surface area (Å²) in [5.41, 5.74) is 0.753. The van der Waals surface area contributed by atoms with E-state index in [4.69, 9.17) is 0 Å². The molecule has 6 nitrogen and oxygen atoms in total. The number of aromatic nitrogens is 3. The fourth-order valence-corrected chi connectivity index (χ4v) is 3.24. The van der Waals surface area contributed by atoms with Gasteiger partial charge in [-0.3, -0.25) is 4.98 Å². The molecule has 0 radical (unpaired) electrons. The van der Waals surface area contributed by atoms with Gasteiger partial charge in [0, 0.05) is 31.7 Å². The van der Waals surface area contributed by atoms with Crippen LogP contribution in [0.15, 0.2) is 72.0 Å². The predicted octanol–water partition coefficient (Wildman–Crippen LogP) is 1.92. The Kier molecular flexibility index (Phi) is 4.50. The Bertz CT molecular complexity index is 861. The van der Waals surface area contributed by atoms with Crippen LogP contribution in [0.4, 0.5) is 0 Å². The van der Waals surface area contributed by atoms with Crippen LogP contribution in [0, 0.1) is 0 Å². The third kappa shape index (κ3) is 3.64. The van der Waals surface area contributed by atoms with Gasteiger partial charge in [-0.15, -0.1) is 0 Å². The van der Waals surface area contributed by atoms with Gasteiger partial charge >= 0.3 is 0 Å². The number of hydrogen-bond acceptors (Lipinski definition) is 4. The lowest BCUT2D eigenvalue weighted by Crippen LogP contribution is -2.27. The first-order valence-electron chi connectivity index (χ1n) is 7.14. The maximum absolute atomic E-state index is 12.2. The molecule has 118 valence electrons. The van der Waals surface area contributed by atoms with Crippen molar-refractivity contribution in [3.8, 4) is 11.5 Å². The molecule has 0 unspecified atom stereocenters. The predicted molar refractivity (Wildman–Crippen MR) is 87.1 cm³/mol. The maximum Gasteiger partial charge on any atom is 0.240 e. The summed E-state index contributed by atoms with van der Waals surface area (Å²) in [6.45, 7) is 0.741. The fraction of sp³-hybridized carbons (Fsp3) is 0.125. The third-order valence-corrected chi connectivity index (χ3v) is 4.78. The number of benzene rings is 1. The average Bonchev–Trinajstić information content (AvgIpc) is 3.05. The van der Waals surface area contributed by atoms with Gasteiger partial charge in [-0.25, -0.2) is 18.1 Å². The highest BCUT2D eigenvalue weighted by Crippen LogP contribution is 2.13. The summed E-state index contributed by atoms with van der Waals surface area (Å²) < 4.78 is 28.8. The van der Waals surface area contributed by atoms with E-state index in [9.17, 15) is 8.42 Å². The summed E-state index contributed by atoms with van der Waals surface area (Å²) in [4.78, 5) is 8.81. The molecule has 0 atom stereocenters. The zero-order chi connectivity index (χ0) is 16.1. The maximum atomic E-state index is 12.2. The smallest absolute Gasteiger partial charge is 0.240 e. The highest BCUT2D eigenvalue weighted by Gasteiger charge is 2.13. The number of nitrogens with zero attached hydrogens (tertiary/aromatic N) is 3. The quantitative estimate of drug-likeness (QED) is 0.750. The van der Waals surface area contributed by atoms with Crippen molar-refractivity contribution >= 4 is 10.0 Å². The van der Waals surface area contributed by atoms with Crippen LogP contribution in [0.3, 0.4) is 0 Å². The van der Waals surface area contributed by atoms with Gasteiger partial charge in [-0.2, -0.15) is 0 Å². The molecule has 0 fully saturated rings. The average molecular weight is 328 g/mol. The van der Waals surface area contributed by atoms with Crippen LogP contribution in [0.1, 0.15) is 0 Å². The van der Waals surface area contributed by atoms with Crippen molar-refractivity contribution in [2.75, 3.05) is 6.54 Å². The Hall–Kier alpha value is -2.51. The first-order valence-corrected chi connectivity index (χ1v) is 8.62. The van der Waals surface area contributed by atoms with E-state index in [1.54, 1.807) is 48.9 Å². The Labute approximate surface area is 134 Å². The minimum absolute atomic E-state index is 0.260. The molecule has 0 bridgehead atoms. The van der Waals surface area contributed by atoms with Gasteiger partial charge in [0.25, 0.3) is 0 Å². The summed E-state index contributed by atoms with van der Waals surface area (Å²) in [7, 11) is -3.49. The number of nitrogens with one attached hydrogen (secondary N) is 1. The van der Waals surface area contributed by atoms with Crippen molar-refractivity contribution in [3.05, 3.63) is 67.1 Å². The monoisotopic (exact) mass is 328 g/mol. The van der Waals surface area contributed by atoms with Crippen LogP contribution >= 0.6 is 0 Å². The number of sulfonamides is 1. The molecule has 3 rings (SSSR count). The SMILES string of the molecule is O=S(=O)(NCCn1ccnc1-c1ccccn1)c1ccccc1. The molecule has 0 saturated heterocycles. The van der Waals surface area contributed by atoms with Crippen LogP contribution < -0.4 is 4.72 Å². The highest BCUT2D eigenvalue weighted by molar-refractivity contribution is 7.89. The first-order chi connectivity index (χ1) is 11.2. The van der Waals surface area contributed by atoms with E-state index in [0.29, 0.717) is 12.4 Å². The second kappa shape index (κ2) is 6.72. The molecule has 2 aromatic heterocycles. The zero-order valence-corrected chi connectivity index (χ0v) is 13.1. The zero-order valence-electron chi connectivity index (χ0n) is 12.3. The second-order valence-electron chi connectivity index (χ2n) is 4.87. The van der Waals surface area contributed by atoms with Crippen molar-refractivity contribution in [1.29, 1.82) is 0 Å². The molecule has 0 aliphatic carbocycles. The molecule has 1 N–H and O–H groups in total. The third-order valence-electron chi connectivity index (χ3n) is 3.31. The van der Waals surface area contributed by atoms with Gasteiger partial charge in [0.05, 0.1) is 4.90 Å². The molecule has 3 aromatic rings. The van der Waals surface area contributed by atoms with Gasteiger partial charge in [-0.05, 0) is 24.3 Å². The fourth-order valence-electron chi connectivity index (χ4n) is 2.20. The highest BCUT2D eigenvalue weighted by atomic mass is 32.2. The van der Waals surface area contributed by atoms with Gasteiger partial charge in [-0.1, -0.05) is 24.3 Å². The standard InChI is InChI=1S/C16H16N4O2S/c21-23(22,14-6-2-1-3-7-14)19-11-13-20-12-10-18-16(20)15-8-4-5-9-17-15/h1-10,12,19H,11,13H2. The van der Waals surface area contributed by atoms with E-state index in [1.807, 2.05) is 22.8 Å². The largest absolute Gasteiger partial charge is 0.328 e. The van der Waals surface area contributed by atoms with E-state index in [0.717, 1.165) is 5.69 Å². The van der Waals surface area contributed by atoms with Gasteiger partial charge in [0.15, 0.2) is 5.82 Å². The summed E-state index contributed by atoms with van der Waals surface area (Å²) in [5, 5.41) is 0. The molecule has 0 amide bonds. The van der Waals surface area contributed by atoms with Gasteiger partial charge in [0.1, 0.15) is 5.69 Å².